The summed E-state index contributed by atoms with van der Waals surface area (Å²) in [7, 11) is -2.72. The highest BCUT2D eigenvalue weighted by Gasteiger charge is 2.29. The molecule has 0 unspecified atom stereocenters. The number of nitrogens with one attached hydrogen (secondary N) is 2. The zero-order valence-electron chi connectivity index (χ0n) is 27.9. The van der Waals surface area contributed by atoms with Gasteiger partial charge in [-0.2, -0.15) is 9.40 Å². The maximum absolute atomic E-state index is 14.0. The summed E-state index contributed by atoms with van der Waals surface area (Å²) in [5.74, 6) is 0.625. The maximum Gasteiger partial charge on any atom is 0.251 e. The summed E-state index contributed by atoms with van der Waals surface area (Å²) in [5, 5.41) is 10.3. The number of amides is 3. The lowest BCUT2D eigenvalue weighted by Crippen LogP contribution is -2.45. The number of anilines is 1. The second-order valence-electron chi connectivity index (χ2n) is 12.0. The molecule has 1 atom stereocenters. The van der Waals surface area contributed by atoms with Crippen molar-refractivity contribution in [1.29, 1.82) is 0 Å². The minimum absolute atomic E-state index is 0.00681. The number of piperidine rings is 1. The first kappa shape index (κ1) is 34.6. The number of carbonyl (C=O) groups is 3. The first-order valence-electron chi connectivity index (χ1n) is 16.4. The van der Waals surface area contributed by atoms with Gasteiger partial charge in [-0.15, -0.1) is 0 Å². The van der Waals surface area contributed by atoms with E-state index in [1.165, 1.54) is 19.2 Å². The summed E-state index contributed by atoms with van der Waals surface area (Å²) in [5.41, 5.74) is 1.67. The molecule has 6 rings (SSSR count). The highest BCUT2D eigenvalue weighted by molar-refractivity contribution is 7.89. The average Bonchev–Trinajstić information content (AvgIpc) is 3.56. The Morgan fingerprint density at radius 1 is 0.920 bits per heavy atom. The Bertz CT molecular complexity index is 1970. The zero-order valence-corrected chi connectivity index (χ0v) is 28.7. The Labute approximate surface area is 290 Å². The van der Waals surface area contributed by atoms with Crippen molar-refractivity contribution in [3.8, 4) is 22.9 Å². The third kappa shape index (κ3) is 7.63. The molecule has 2 aliphatic heterocycles. The van der Waals surface area contributed by atoms with Crippen LogP contribution in [0.3, 0.4) is 0 Å². The summed E-state index contributed by atoms with van der Waals surface area (Å²) >= 11 is 0. The Morgan fingerprint density at radius 3 is 2.44 bits per heavy atom. The van der Waals surface area contributed by atoms with Gasteiger partial charge in [-0.05, 0) is 62.2 Å². The van der Waals surface area contributed by atoms with Crippen molar-refractivity contribution in [2.75, 3.05) is 44.8 Å². The standard InChI is InChI=1S/C35H39N7O7S/c1-24-34-38-33(25-8-4-3-5-9-25)39-42(34)20-21-49-30-22-26(11-16-29(30)48-2)35(45)36-17-19-40(23-31(43)37-24)50(46,47)28-14-12-27(13-15-28)41-18-7-6-10-32(41)44/h3-5,8-9,11-16,22,24H,6-7,10,17-21,23H2,1-2H3,(H,36,45)(H,37,43)/t24-/m1/s1. The fourth-order valence-electron chi connectivity index (χ4n) is 5.94. The second kappa shape index (κ2) is 15.1. The highest BCUT2D eigenvalue weighted by Crippen LogP contribution is 2.29. The molecule has 3 heterocycles. The van der Waals surface area contributed by atoms with Gasteiger partial charge in [-0.3, -0.25) is 14.4 Å². The van der Waals surface area contributed by atoms with Gasteiger partial charge in [0.15, 0.2) is 17.3 Å². The Hall–Kier alpha value is -5.28. The third-order valence-electron chi connectivity index (χ3n) is 8.56. The molecule has 0 saturated carbocycles. The van der Waals surface area contributed by atoms with Crippen LogP contribution < -0.4 is 25.0 Å². The lowest BCUT2D eigenvalue weighted by atomic mass is 10.1. The summed E-state index contributed by atoms with van der Waals surface area (Å²) in [4.78, 5) is 45.5. The van der Waals surface area contributed by atoms with Crippen molar-refractivity contribution in [1.82, 2.24) is 29.7 Å². The van der Waals surface area contributed by atoms with Crippen LogP contribution in [-0.4, -0.2) is 85.1 Å². The van der Waals surface area contributed by atoms with Gasteiger partial charge in [0.05, 0.1) is 31.1 Å². The van der Waals surface area contributed by atoms with Gasteiger partial charge in [-0.25, -0.2) is 18.1 Å². The van der Waals surface area contributed by atoms with Gasteiger partial charge in [0.2, 0.25) is 21.8 Å². The number of carbonyl (C=O) groups excluding carboxylic acids is 3. The van der Waals surface area contributed by atoms with Gasteiger partial charge in [0, 0.05) is 42.9 Å². The van der Waals surface area contributed by atoms with Crippen molar-refractivity contribution in [3.63, 3.8) is 0 Å². The summed E-state index contributed by atoms with van der Waals surface area (Å²) in [6, 6.07) is 19.5. The fraction of sp³-hybridized carbons (Fsp3) is 0.343. The summed E-state index contributed by atoms with van der Waals surface area (Å²) < 4.78 is 42.2. The topological polar surface area (TPSA) is 165 Å². The predicted molar refractivity (Wildman–Crippen MR) is 184 cm³/mol. The first-order valence-corrected chi connectivity index (χ1v) is 17.9. The molecule has 0 spiro atoms. The van der Waals surface area contributed by atoms with Crippen molar-refractivity contribution < 1.29 is 32.3 Å². The number of nitrogens with zero attached hydrogens (tertiary/aromatic N) is 5. The molecular weight excluding hydrogens is 662 g/mol. The van der Waals surface area contributed by atoms with Crippen molar-refractivity contribution in [2.45, 2.75) is 43.7 Å². The van der Waals surface area contributed by atoms with E-state index in [0.717, 1.165) is 22.7 Å². The van der Waals surface area contributed by atoms with E-state index in [-0.39, 0.29) is 42.6 Å². The molecule has 2 bridgehead atoms. The molecule has 3 amide bonds. The van der Waals surface area contributed by atoms with Gasteiger partial charge in [0.1, 0.15) is 12.4 Å². The van der Waals surface area contributed by atoms with Crippen LogP contribution in [0, 0.1) is 0 Å². The van der Waals surface area contributed by atoms with E-state index in [4.69, 9.17) is 14.5 Å². The molecule has 1 saturated heterocycles. The molecule has 15 heteroatoms. The Kier molecular flexibility index (Phi) is 10.4. The molecule has 1 aromatic heterocycles. The van der Waals surface area contributed by atoms with E-state index < -0.39 is 34.4 Å². The molecule has 0 aliphatic carbocycles. The van der Waals surface area contributed by atoms with Crippen molar-refractivity contribution >= 4 is 33.4 Å². The molecule has 0 radical (unpaired) electrons. The third-order valence-corrected chi connectivity index (χ3v) is 10.4. The van der Waals surface area contributed by atoms with Crippen LogP contribution in [0.2, 0.25) is 0 Å². The van der Waals surface area contributed by atoms with Crippen LogP contribution in [-0.2, 0) is 26.2 Å². The minimum Gasteiger partial charge on any atom is -0.493 e. The van der Waals surface area contributed by atoms with E-state index in [0.29, 0.717) is 41.8 Å². The van der Waals surface area contributed by atoms with Crippen LogP contribution >= 0.6 is 0 Å². The monoisotopic (exact) mass is 701 g/mol. The van der Waals surface area contributed by atoms with E-state index in [9.17, 15) is 22.8 Å². The largest absolute Gasteiger partial charge is 0.493 e. The van der Waals surface area contributed by atoms with Crippen LogP contribution in [0.5, 0.6) is 11.5 Å². The number of fused-ring (bicyclic) bond motifs is 3. The molecule has 3 aromatic carbocycles. The van der Waals surface area contributed by atoms with E-state index in [1.807, 2.05) is 30.3 Å². The zero-order chi connectivity index (χ0) is 35.3. The van der Waals surface area contributed by atoms with E-state index in [1.54, 1.807) is 46.8 Å². The molecule has 2 aliphatic rings. The highest BCUT2D eigenvalue weighted by atomic mass is 32.2. The number of ether oxygens (including phenoxy) is 2. The molecule has 1 fully saturated rings. The molecule has 262 valence electrons. The summed E-state index contributed by atoms with van der Waals surface area (Å²) in [6.07, 6.45) is 2.14. The van der Waals surface area contributed by atoms with Crippen molar-refractivity contribution in [3.05, 3.63) is 84.2 Å². The van der Waals surface area contributed by atoms with Crippen LogP contribution in [0.15, 0.2) is 77.7 Å². The number of rotatable bonds is 5. The van der Waals surface area contributed by atoms with Gasteiger partial charge < -0.3 is 25.0 Å². The van der Waals surface area contributed by atoms with Gasteiger partial charge in [-0.1, -0.05) is 30.3 Å². The number of aromatic nitrogens is 3. The van der Waals surface area contributed by atoms with Crippen LogP contribution in [0.25, 0.3) is 11.4 Å². The Morgan fingerprint density at radius 2 is 1.70 bits per heavy atom. The Balaban J connectivity index is 1.31. The molecular formula is C35H39N7O7S. The fourth-order valence-corrected chi connectivity index (χ4v) is 7.34. The molecule has 50 heavy (non-hydrogen) atoms. The van der Waals surface area contributed by atoms with Gasteiger partial charge in [0.25, 0.3) is 5.91 Å². The number of hydrogen-bond acceptors (Lipinski definition) is 9. The molecule has 14 nitrogen and oxygen atoms in total. The average molecular weight is 702 g/mol. The second-order valence-corrected chi connectivity index (χ2v) is 13.9. The number of methoxy groups -OCH3 is 1. The number of sulfonamides is 1. The van der Waals surface area contributed by atoms with E-state index >= 15 is 0 Å². The lowest BCUT2D eigenvalue weighted by Gasteiger charge is -2.27. The molecule has 4 aromatic rings. The maximum atomic E-state index is 14.0. The van der Waals surface area contributed by atoms with Gasteiger partial charge >= 0.3 is 0 Å². The van der Waals surface area contributed by atoms with E-state index in [2.05, 4.69) is 15.7 Å². The quantitative estimate of drug-likeness (QED) is 0.318. The lowest BCUT2D eigenvalue weighted by molar-refractivity contribution is -0.122. The number of hydrogen-bond donors (Lipinski definition) is 2. The smallest absolute Gasteiger partial charge is 0.251 e. The normalized spacial score (nSPS) is 18.3. The van der Waals surface area contributed by atoms with Crippen LogP contribution in [0.4, 0.5) is 5.69 Å². The SMILES string of the molecule is COc1ccc2cc1OCCn1nc(-c3ccccc3)nc1[C@@H](C)NC(=O)CN(S(=O)(=O)c1ccc(N3CCCCC3=O)cc1)CCNC2=O. The number of benzene rings is 3. The molecule has 2 N–H and O–H groups in total. The van der Waals surface area contributed by atoms with Crippen molar-refractivity contribution in [2.24, 2.45) is 0 Å². The minimum atomic E-state index is -4.22. The van der Waals surface area contributed by atoms with Crippen LogP contribution in [0.1, 0.15) is 48.4 Å². The first-order chi connectivity index (χ1) is 24.1. The predicted octanol–water partition coefficient (Wildman–Crippen LogP) is 3.16. The summed E-state index contributed by atoms with van der Waals surface area (Å²) in [6.45, 7) is 1.89.